The van der Waals surface area contributed by atoms with Crippen molar-refractivity contribution in [1.82, 2.24) is 9.55 Å². The highest BCUT2D eigenvalue weighted by atomic mass is 32.2. The van der Waals surface area contributed by atoms with Crippen LogP contribution in [-0.4, -0.2) is 37.9 Å². The summed E-state index contributed by atoms with van der Waals surface area (Å²) in [7, 11) is 0. The number of hydrogen-bond acceptors (Lipinski definition) is 4. The number of nitrogens with zero attached hydrogens (tertiary/aromatic N) is 2. The fraction of sp³-hybridized carbons (Fsp3) is 0.714. The van der Waals surface area contributed by atoms with Gasteiger partial charge in [0.2, 0.25) is 0 Å². The van der Waals surface area contributed by atoms with Gasteiger partial charge in [0.1, 0.15) is 0 Å². The van der Waals surface area contributed by atoms with Gasteiger partial charge in [-0.15, -0.1) is 0 Å². The number of hydrogen-bond donors (Lipinski definition) is 1. The van der Waals surface area contributed by atoms with Crippen LogP contribution in [-0.2, 0) is 11.2 Å². The monoisotopic (exact) mass is 314 g/mol. The maximum absolute atomic E-state index is 10.8. The molecule has 4 nitrogen and oxygen atoms in total. The number of aliphatic carboxylic acids is 1. The fourth-order valence-electron chi connectivity index (χ4n) is 2.83. The van der Waals surface area contributed by atoms with Crippen LogP contribution in [0.1, 0.15) is 44.3 Å². The summed E-state index contributed by atoms with van der Waals surface area (Å²) in [5.41, 5.74) is 1.23. The molecule has 0 radical (unpaired) electrons. The number of carbonyl (C=O) groups is 1. The van der Waals surface area contributed by atoms with Crippen LogP contribution in [0.5, 0.6) is 0 Å². The van der Waals surface area contributed by atoms with Crippen molar-refractivity contribution in [3.63, 3.8) is 0 Å². The molecule has 0 spiro atoms. The Balaban J connectivity index is 2.18. The molecule has 0 aromatic carbocycles. The normalized spacial score (nSPS) is 22.9. The van der Waals surface area contributed by atoms with Gasteiger partial charge in [-0.2, -0.15) is 11.8 Å². The van der Waals surface area contributed by atoms with E-state index in [-0.39, 0.29) is 5.75 Å². The molecular weight excluding hydrogens is 292 g/mol. The first kappa shape index (κ1) is 15.8. The van der Waals surface area contributed by atoms with E-state index in [1.807, 2.05) is 18.0 Å². The zero-order valence-corrected chi connectivity index (χ0v) is 13.7. The summed E-state index contributed by atoms with van der Waals surface area (Å²) in [5.74, 6) is -0.702. The van der Waals surface area contributed by atoms with Gasteiger partial charge in [0.15, 0.2) is 5.16 Å². The van der Waals surface area contributed by atoms with E-state index in [1.54, 1.807) is 0 Å². The summed E-state index contributed by atoms with van der Waals surface area (Å²) >= 11 is 3.29. The van der Waals surface area contributed by atoms with Crippen molar-refractivity contribution in [2.75, 3.05) is 12.0 Å². The molecule has 0 saturated heterocycles. The first-order valence-corrected chi connectivity index (χ1v) is 9.36. The molecule has 1 saturated carbocycles. The Labute approximate surface area is 128 Å². The minimum Gasteiger partial charge on any atom is -0.481 e. The predicted octanol–water partition coefficient (Wildman–Crippen LogP) is 3.47. The second-order valence-corrected chi connectivity index (χ2v) is 7.20. The first-order chi connectivity index (χ1) is 9.65. The summed E-state index contributed by atoms with van der Waals surface area (Å²) in [6, 6.07) is 0.481. The van der Waals surface area contributed by atoms with Crippen LogP contribution in [0.25, 0.3) is 0 Å². The molecule has 1 N–H and O–H groups in total. The first-order valence-electron chi connectivity index (χ1n) is 7.09. The number of carboxylic acid groups (broad SMARTS) is 1. The van der Waals surface area contributed by atoms with Gasteiger partial charge in [-0.1, -0.05) is 25.1 Å². The Hall–Kier alpha value is -0.620. The summed E-state index contributed by atoms with van der Waals surface area (Å²) in [5, 5.41) is 10.5. The van der Waals surface area contributed by atoms with Crippen molar-refractivity contribution in [3.8, 4) is 0 Å². The average molecular weight is 314 g/mol. The summed E-state index contributed by atoms with van der Waals surface area (Å²) < 4.78 is 2.30. The molecule has 20 heavy (non-hydrogen) atoms. The molecule has 1 aromatic heterocycles. The van der Waals surface area contributed by atoms with E-state index in [4.69, 9.17) is 5.11 Å². The quantitative estimate of drug-likeness (QED) is 0.815. The van der Waals surface area contributed by atoms with E-state index in [2.05, 4.69) is 22.7 Å². The summed E-state index contributed by atoms with van der Waals surface area (Å²) in [6.07, 6.45) is 9.94. The zero-order valence-electron chi connectivity index (χ0n) is 12.0. The van der Waals surface area contributed by atoms with Crippen LogP contribution in [0, 0.1) is 0 Å². The topological polar surface area (TPSA) is 55.1 Å². The maximum atomic E-state index is 10.8. The second kappa shape index (κ2) is 7.41. The van der Waals surface area contributed by atoms with E-state index in [9.17, 15) is 4.79 Å². The van der Waals surface area contributed by atoms with E-state index in [1.165, 1.54) is 43.1 Å². The fourth-order valence-corrected chi connectivity index (χ4v) is 4.43. The van der Waals surface area contributed by atoms with Gasteiger partial charge in [-0.05, 0) is 31.9 Å². The van der Waals surface area contributed by atoms with E-state index >= 15 is 0 Å². The molecule has 0 amide bonds. The van der Waals surface area contributed by atoms with Crippen molar-refractivity contribution < 1.29 is 9.90 Å². The average Bonchev–Trinajstić information content (AvgIpc) is 2.88. The third-order valence-corrected chi connectivity index (χ3v) is 5.87. The molecule has 112 valence electrons. The lowest BCUT2D eigenvalue weighted by molar-refractivity contribution is -0.133. The molecule has 6 heteroatoms. The maximum Gasteiger partial charge on any atom is 0.313 e. The Bertz CT molecular complexity index is 462. The lowest BCUT2D eigenvalue weighted by Crippen LogP contribution is -2.22. The number of aromatic nitrogens is 2. The van der Waals surface area contributed by atoms with E-state index in [0.29, 0.717) is 6.04 Å². The van der Waals surface area contributed by atoms with Crippen molar-refractivity contribution in [2.45, 2.75) is 55.5 Å². The molecule has 1 aliphatic rings. The second-order valence-electron chi connectivity index (χ2n) is 5.12. The number of aryl methyl sites for hydroxylation is 1. The molecule has 2 atom stereocenters. The van der Waals surface area contributed by atoms with Gasteiger partial charge in [-0.25, -0.2) is 4.98 Å². The summed E-state index contributed by atoms with van der Waals surface area (Å²) in [6.45, 7) is 2.13. The minimum absolute atomic E-state index is 0.0822. The van der Waals surface area contributed by atoms with Crippen molar-refractivity contribution in [2.24, 2.45) is 0 Å². The van der Waals surface area contributed by atoms with Crippen LogP contribution in [0.4, 0.5) is 0 Å². The highest BCUT2D eigenvalue weighted by molar-refractivity contribution is 7.99. The SMILES string of the molecule is CCc1cnc(SCC(=O)O)n1C1CCCC(SC)C1. The molecule has 2 rings (SSSR count). The van der Waals surface area contributed by atoms with Crippen molar-refractivity contribution in [1.29, 1.82) is 0 Å². The minimum atomic E-state index is -0.784. The largest absolute Gasteiger partial charge is 0.481 e. The van der Waals surface area contributed by atoms with Crippen molar-refractivity contribution >= 4 is 29.5 Å². The standard InChI is InChI=1S/C14H22N2O2S2/c1-3-10-8-15-14(20-9-13(17)18)16(10)11-5-4-6-12(7-11)19-2/h8,11-12H,3-7,9H2,1-2H3,(H,17,18). The van der Waals surface area contributed by atoms with Crippen molar-refractivity contribution in [3.05, 3.63) is 11.9 Å². The van der Waals surface area contributed by atoms with Gasteiger partial charge in [-0.3, -0.25) is 4.79 Å². The van der Waals surface area contributed by atoms with Crippen LogP contribution < -0.4 is 0 Å². The lowest BCUT2D eigenvalue weighted by atomic mass is 9.94. The van der Waals surface area contributed by atoms with E-state index in [0.717, 1.165) is 16.8 Å². The molecule has 0 aliphatic heterocycles. The highest BCUT2D eigenvalue weighted by Crippen LogP contribution is 2.37. The predicted molar refractivity (Wildman–Crippen MR) is 84.8 cm³/mol. The van der Waals surface area contributed by atoms with Crippen LogP contribution in [0.15, 0.2) is 11.4 Å². The molecule has 1 aromatic rings. The van der Waals surface area contributed by atoms with Crippen LogP contribution in [0.2, 0.25) is 0 Å². The number of imidazole rings is 1. The lowest BCUT2D eigenvalue weighted by Gasteiger charge is -2.31. The van der Waals surface area contributed by atoms with Gasteiger partial charge in [0.05, 0.1) is 5.75 Å². The Morgan fingerprint density at radius 3 is 3.00 bits per heavy atom. The molecular formula is C14H22N2O2S2. The van der Waals surface area contributed by atoms with Gasteiger partial charge < -0.3 is 9.67 Å². The number of thioether (sulfide) groups is 2. The molecule has 1 aliphatic carbocycles. The van der Waals surface area contributed by atoms with E-state index < -0.39 is 5.97 Å². The highest BCUT2D eigenvalue weighted by Gasteiger charge is 2.26. The van der Waals surface area contributed by atoms with Crippen LogP contribution in [0.3, 0.4) is 0 Å². The molecule has 2 unspecified atom stereocenters. The number of rotatable bonds is 6. The molecule has 0 bridgehead atoms. The Morgan fingerprint density at radius 1 is 1.55 bits per heavy atom. The molecule has 1 fully saturated rings. The summed E-state index contributed by atoms with van der Waals surface area (Å²) in [4.78, 5) is 15.2. The van der Waals surface area contributed by atoms with Gasteiger partial charge in [0, 0.05) is 23.2 Å². The third kappa shape index (κ3) is 3.73. The van der Waals surface area contributed by atoms with Crippen LogP contribution >= 0.6 is 23.5 Å². The zero-order chi connectivity index (χ0) is 14.5. The Kier molecular flexibility index (Phi) is 5.84. The number of carboxylic acids is 1. The molecule has 1 heterocycles. The van der Waals surface area contributed by atoms with Gasteiger partial charge in [0.25, 0.3) is 0 Å². The third-order valence-electron chi connectivity index (χ3n) is 3.82. The van der Waals surface area contributed by atoms with Gasteiger partial charge >= 0.3 is 5.97 Å². The smallest absolute Gasteiger partial charge is 0.313 e. The Morgan fingerprint density at radius 2 is 2.35 bits per heavy atom.